The molecule has 0 amide bonds. The predicted octanol–water partition coefficient (Wildman–Crippen LogP) is 0.940. The number of allylic oxidation sites excluding steroid dienone is 1. The van der Waals surface area contributed by atoms with E-state index >= 15 is 0 Å². The molecule has 0 rings (SSSR count). The lowest BCUT2D eigenvalue weighted by Crippen LogP contribution is -1.87. The zero-order valence-electron chi connectivity index (χ0n) is 4.46. The molecule has 0 aliphatic rings. The van der Waals surface area contributed by atoms with Gasteiger partial charge in [0.1, 0.15) is 0 Å². The molecular weight excluding hydrogens is 192 g/mol. The molecule has 48 valence electrons. The second-order valence-corrected chi connectivity index (χ2v) is 3.93. The van der Waals surface area contributed by atoms with Crippen LogP contribution in [0.2, 0.25) is 0 Å². The Bertz CT molecular complexity index is 168. The first-order valence-corrected chi connectivity index (χ1v) is 5.06. The topological polar surface area (TPSA) is 34.1 Å². The van der Waals surface area contributed by atoms with Gasteiger partial charge in [0.15, 0.2) is 9.84 Å². The van der Waals surface area contributed by atoms with E-state index in [9.17, 15) is 8.42 Å². The van der Waals surface area contributed by atoms with Gasteiger partial charge in [0.05, 0.1) is 0 Å². The van der Waals surface area contributed by atoms with Gasteiger partial charge in [0, 0.05) is 17.0 Å². The molecule has 8 heavy (non-hydrogen) atoms. The monoisotopic (exact) mass is 198 g/mol. The van der Waals surface area contributed by atoms with Crippen molar-refractivity contribution >= 4 is 25.8 Å². The van der Waals surface area contributed by atoms with Gasteiger partial charge >= 0.3 is 0 Å². The molecule has 4 heteroatoms. The SMILES string of the molecule is CS(=O)(=O)/C=C/CBr. The average Bonchev–Trinajstić information content (AvgIpc) is 1.59. The third-order valence-electron chi connectivity index (χ3n) is 0.433. The summed E-state index contributed by atoms with van der Waals surface area (Å²) in [5.74, 6) is 0. The van der Waals surface area contributed by atoms with Crippen molar-refractivity contribution < 1.29 is 8.42 Å². The molecule has 0 heterocycles. The van der Waals surface area contributed by atoms with E-state index in [1.165, 1.54) is 11.5 Å². The summed E-state index contributed by atoms with van der Waals surface area (Å²) in [5, 5.41) is 1.75. The third-order valence-corrected chi connectivity index (χ3v) is 1.49. The largest absolute Gasteiger partial charge is 0.225 e. The second-order valence-electron chi connectivity index (χ2n) is 1.36. The summed E-state index contributed by atoms with van der Waals surface area (Å²) < 4.78 is 20.6. The van der Waals surface area contributed by atoms with Crippen LogP contribution in [0.15, 0.2) is 11.5 Å². The van der Waals surface area contributed by atoms with Crippen molar-refractivity contribution in [1.29, 1.82) is 0 Å². The van der Waals surface area contributed by atoms with Gasteiger partial charge in [-0.15, -0.1) is 0 Å². The Morgan fingerprint density at radius 2 is 2.12 bits per heavy atom. The molecule has 0 aromatic carbocycles. The Labute approximate surface area is 57.6 Å². The van der Waals surface area contributed by atoms with E-state index in [4.69, 9.17) is 0 Å². The summed E-state index contributed by atoms with van der Waals surface area (Å²) in [6, 6.07) is 0. The number of sulfone groups is 1. The van der Waals surface area contributed by atoms with Gasteiger partial charge < -0.3 is 0 Å². The zero-order chi connectivity index (χ0) is 6.62. The van der Waals surface area contributed by atoms with Crippen LogP contribution in [0.1, 0.15) is 0 Å². The predicted molar refractivity (Wildman–Crippen MR) is 37.8 cm³/mol. The molecular formula is C4H7BrO2S. The molecule has 0 bridgehead atoms. The maximum absolute atomic E-state index is 10.3. The van der Waals surface area contributed by atoms with E-state index in [0.29, 0.717) is 5.33 Å². The van der Waals surface area contributed by atoms with Crippen LogP contribution in [0.4, 0.5) is 0 Å². The van der Waals surface area contributed by atoms with Crippen LogP contribution in [0.5, 0.6) is 0 Å². The molecule has 0 aliphatic carbocycles. The number of alkyl halides is 1. The molecule has 2 nitrogen and oxygen atoms in total. The van der Waals surface area contributed by atoms with Crippen molar-refractivity contribution in [2.45, 2.75) is 0 Å². The minimum atomic E-state index is -2.90. The average molecular weight is 199 g/mol. The number of hydrogen-bond donors (Lipinski definition) is 0. The van der Waals surface area contributed by atoms with E-state index in [0.717, 1.165) is 6.26 Å². The van der Waals surface area contributed by atoms with Crippen LogP contribution in [0, 0.1) is 0 Å². The number of rotatable bonds is 2. The molecule has 0 saturated carbocycles. The van der Waals surface area contributed by atoms with Crippen LogP contribution < -0.4 is 0 Å². The first-order chi connectivity index (χ1) is 3.56. The maximum atomic E-state index is 10.3. The normalized spacial score (nSPS) is 12.8. The lowest BCUT2D eigenvalue weighted by molar-refractivity contribution is 0.610. The second kappa shape index (κ2) is 3.25. The summed E-state index contributed by atoms with van der Waals surface area (Å²) in [5.41, 5.74) is 0. The van der Waals surface area contributed by atoms with E-state index < -0.39 is 9.84 Å². The molecule has 0 aliphatic heterocycles. The van der Waals surface area contributed by atoms with Gasteiger partial charge in [-0.05, 0) is 0 Å². The number of halogens is 1. The summed E-state index contributed by atoms with van der Waals surface area (Å²) in [7, 11) is -2.90. The Morgan fingerprint density at radius 3 is 2.25 bits per heavy atom. The molecule has 0 saturated heterocycles. The fraction of sp³-hybridized carbons (Fsp3) is 0.500. The minimum absolute atomic E-state index is 0.583. The van der Waals surface area contributed by atoms with E-state index in [-0.39, 0.29) is 0 Å². The van der Waals surface area contributed by atoms with Crippen LogP contribution in [0.25, 0.3) is 0 Å². The first-order valence-electron chi connectivity index (χ1n) is 1.99. The molecule has 0 radical (unpaired) electrons. The summed E-state index contributed by atoms with van der Waals surface area (Å²) >= 11 is 3.05. The van der Waals surface area contributed by atoms with Gasteiger partial charge in [-0.1, -0.05) is 22.0 Å². The van der Waals surface area contributed by atoms with Crippen LogP contribution in [-0.4, -0.2) is 20.0 Å². The molecule has 0 N–H and O–H groups in total. The van der Waals surface area contributed by atoms with Crippen LogP contribution in [-0.2, 0) is 9.84 Å². The van der Waals surface area contributed by atoms with E-state index in [1.807, 2.05) is 0 Å². The van der Waals surface area contributed by atoms with Gasteiger partial charge in [-0.25, -0.2) is 8.42 Å². The van der Waals surface area contributed by atoms with Crippen molar-refractivity contribution in [3.8, 4) is 0 Å². The quantitative estimate of drug-likeness (QED) is 0.620. The Morgan fingerprint density at radius 1 is 1.62 bits per heavy atom. The van der Waals surface area contributed by atoms with Crippen molar-refractivity contribution in [2.75, 3.05) is 11.6 Å². The first kappa shape index (κ1) is 8.17. The van der Waals surface area contributed by atoms with Gasteiger partial charge in [-0.2, -0.15) is 0 Å². The molecule has 0 aromatic rings. The Hall–Kier alpha value is 0.170. The van der Waals surface area contributed by atoms with Gasteiger partial charge in [0.25, 0.3) is 0 Å². The third kappa shape index (κ3) is 6.17. The fourth-order valence-corrected chi connectivity index (χ4v) is 1.09. The van der Waals surface area contributed by atoms with Gasteiger partial charge in [0.2, 0.25) is 0 Å². The zero-order valence-corrected chi connectivity index (χ0v) is 6.87. The lowest BCUT2D eigenvalue weighted by Gasteiger charge is -1.79. The van der Waals surface area contributed by atoms with E-state index in [1.54, 1.807) is 0 Å². The van der Waals surface area contributed by atoms with E-state index in [2.05, 4.69) is 15.9 Å². The van der Waals surface area contributed by atoms with Crippen molar-refractivity contribution in [3.05, 3.63) is 11.5 Å². The highest BCUT2D eigenvalue weighted by Gasteiger charge is 1.88. The van der Waals surface area contributed by atoms with Crippen molar-refractivity contribution in [2.24, 2.45) is 0 Å². The molecule has 0 aromatic heterocycles. The maximum Gasteiger partial charge on any atom is 0.168 e. The summed E-state index contributed by atoms with van der Waals surface area (Å²) in [6.07, 6.45) is 2.70. The smallest absolute Gasteiger partial charge is 0.168 e. The fourth-order valence-electron chi connectivity index (χ4n) is 0.211. The molecule has 0 fully saturated rings. The summed E-state index contributed by atoms with van der Waals surface area (Å²) in [4.78, 5) is 0. The van der Waals surface area contributed by atoms with Crippen LogP contribution >= 0.6 is 15.9 Å². The van der Waals surface area contributed by atoms with Crippen LogP contribution in [0.3, 0.4) is 0 Å². The molecule has 0 unspecified atom stereocenters. The minimum Gasteiger partial charge on any atom is -0.225 e. The standard InChI is InChI=1S/C4H7BrO2S/c1-8(6,7)4-2-3-5/h2,4H,3H2,1H3/b4-2+. The Balaban J connectivity index is 3.92. The highest BCUT2D eigenvalue weighted by atomic mass is 79.9. The summed E-state index contributed by atoms with van der Waals surface area (Å²) in [6.45, 7) is 0. The van der Waals surface area contributed by atoms with Crippen molar-refractivity contribution in [1.82, 2.24) is 0 Å². The van der Waals surface area contributed by atoms with Crippen molar-refractivity contribution in [3.63, 3.8) is 0 Å². The molecule has 0 atom stereocenters. The number of hydrogen-bond acceptors (Lipinski definition) is 2. The Kier molecular flexibility index (Phi) is 3.31. The highest BCUT2D eigenvalue weighted by molar-refractivity contribution is 9.09. The lowest BCUT2D eigenvalue weighted by atomic mass is 10.8. The molecule has 0 spiro atoms. The highest BCUT2D eigenvalue weighted by Crippen LogP contribution is 1.87. The van der Waals surface area contributed by atoms with Gasteiger partial charge in [-0.3, -0.25) is 0 Å².